The molecule has 0 bridgehead atoms. The molecule has 1 aliphatic rings. The molecule has 146 valence electrons. The van der Waals surface area contributed by atoms with Crippen molar-refractivity contribution in [3.05, 3.63) is 45.4 Å². The van der Waals surface area contributed by atoms with E-state index in [0.29, 0.717) is 0 Å². The summed E-state index contributed by atoms with van der Waals surface area (Å²) in [6, 6.07) is 8.41. The van der Waals surface area contributed by atoms with Gasteiger partial charge in [0.1, 0.15) is 11.4 Å². The second-order valence-corrected chi connectivity index (χ2v) is 8.80. The maximum absolute atomic E-state index is 6.12. The maximum atomic E-state index is 6.12. The van der Waals surface area contributed by atoms with Gasteiger partial charge in [-0.05, 0) is 33.3 Å². The zero-order valence-electron chi connectivity index (χ0n) is 16.9. The molecule has 27 heavy (non-hydrogen) atoms. The van der Waals surface area contributed by atoms with Gasteiger partial charge < -0.3 is 15.4 Å². The smallest absolute Gasteiger partial charge is 0.191 e. The Morgan fingerprint density at radius 1 is 1.37 bits per heavy atom. The second kappa shape index (κ2) is 8.30. The van der Waals surface area contributed by atoms with Crippen LogP contribution in [0.4, 0.5) is 0 Å². The number of hydrogen-bond donors (Lipinski definition) is 2. The predicted octanol–water partition coefficient (Wildman–Crippen LogP) is 4.02. The first-order valence-corrected chi connectivity index (χ1v) is 10.4. The van der Waals surface area contributed by atoms with E-state index in [-0.39, 0.29) is 11.6 Å². The lowest BCUT2D eigenvalue weighted by Crippen LogP contribution is -2.45. The average Bonchev–Trinajstić information content (AvgIpc) is 2.99. The van der Waals surface area contributed by atoms with Crippen molar-refractivity contribution in [3.8, 4) is 5.75 Å². The number of aliphatic imine (C=N–C) groups is 1. The number of aryl methyl sites for hydroxylation is 2. The number of aromatic nitrogens is 1. The fourth-order valence-electron chi connectivity index (χ4n) is 3.50. The molecule has 1 aromatic carbocycles. The van der Waals surface area contributed by atoms with Crippen molar-refractivity contribution in [1.82, 2.24) is 15.6 Å². The summed E-state index contributed by atoms with van der Waals surface area (Å²) >= 11 is 1.80. The number of nitrogens with zero attached hydrogens (tertiary/aromatic N) is 2. The van der Waals surface area contributed by atoms with Crippen LogP contribution in [0.3, 0.4) is 0 Å². The molecule has 5 nitrogen and oxygen atoms in total. The van der Waals surface area contributed by atoms with Gasteiger partial charge in [0, 0.05) is 36.9 Å². The largest absolute Gasteiger partial charge is 0.487 e. The summed E-state index contributed by atoms with van der Waals surface area (Å²) in [4.78, 5) is 10.5. The molecule has 1 aliphatic heterocycles. The fraction of sp³-hybridized carbons (Fsp3) is 0.524. The Hall–Kier alpha value is -2.08. The number of thiazole rings is 1. The summed E-state index contributed by atoms with van der Waals surface area (Å²) < 4.78 is 6.12. The lowest BCUT2D eigenvalue weighted by Gasteiger charge is -2.38. The monoisotopic (exact) mass is 386 g/mol. The molecule has 1 unspecified atom stereocenters. The van der Waals surface area contributed by atoms with E-state index in [1.807, 2.05) is 19.2 Å². The van der Waals surface area contributed by atoms with Crippen LogP contribution < -0.4 is 15.4 Å². The molecule has 0 saturated heterocycles. The Bertz CT molecular complexity index is 812. The highest BCUT2D eigenvalue weighted by Gasteiger charge is 2.33. The van der Waals surface area contributed by atoms with Gasteiger partial charge in [-0.1, -0.05) is 25.1 Å². The number of guanidine groups is 1. The maximum Gasteiger partial charge on any atom is 0.191 e. The van der Waals surface area contributed by atoms with Crippen LogP contribution in [-0.4, -0.2) is 30.1 Å². The minimum absolute atomic E-state index is 0.171. The highest BCUT2D eigenvalue weighted by atomic mass is 32.1. The summed E-state index contributed by atoms with van der Waals surface area (Å²) in [5.41, 5.74) is 2.20. The van der Waals surface area contributed by atoms with E-state index in [1.54, 1.807) is 11.3 Å². The molecule has 0 amide bonds. The third-order valence-electron chi connectivity index (χ3n) is 4.81. The fourth-order valence-corrected chi connectivity index (χ4v) is 4.52. The first kappa shape index (κ1) is 19.7. The Labute approximate surface area is 166 Å². The first-order chi connectivity index (χ1) is 12.9. The van der Waals surface area contributed by atoms with E-state index in [0.717, 1.165) is 37.5 Å². The molecule has 2 heterocycles. The van der Waals surface area contributed by atoms with E-state index in [4.69, 9.17) is 9.72 Å². The zero-order chi connectivity index (χ0) is 19.4. The molecule has 2 N–H and O–H groups in total. The van der Waals surface area contributed by atoms with Crippen molar-refractivity contribution in [3.63, 3.8) is 0 Å². The van der Waals surface area contributed by atoms with Crippen LogP contribution in [0.2, 0.25) is 0 Å². The number of fused-ring (bicyclic) bond motifs is 1. The van der Waals surface area contributed by atoms with Gasteiger partial charge in [0.15, 0.2) is 5.96 Å². The molecule has 0 fully saturated rings. The third kappa shape index (κ3) is 4.80. The van der Waals surface area contributed by atoms with Gasteiger partial charge in [-0.15, -0.1) is 11.3 Å². The number of para-hydroxylation sites is 1. The van der Waals surface area contributed by atoms with Crippen LogP contribution in [0.25, 0.3) is 0 Å². The van der Waals surface area contributed by atoms with Gasteiger partial charge >= 0.3 is 0 Å². The molecular weight excluding hydrogens is 356 g/mol. The minimum Gasteiger partial charge on any atom is -0.487 e. The minimum atomic E-state index is -0.208. The molecule has 1 aromatic heterocycles. The van der Waals surface area contributed by atoms with Crippen LogP contribution in [0.15, 0.2) is 29.3 Å². The topological polar surface area (TPSA) is 58.5 Å². The number of hydrogen-bond acceptors (Lipinski definition) is 4. The molecular formula is C21H30N4OS. The number of benzene rings is 1. The van der Waals surface area contributed by atoms with Crippen LogP contribution in [0.1, 0.15) is 54.4 Å². The standard InChI is InChI=1S/C21H30N4OS/c1-6-16-14(2)27-19(24-16)11-12-23-20(22-5)25-17-13-21(3,4)26-18-10-8-7-9-15(17)18/h7-10,17H,6,11-13H2,1-5H3,(H2,22,23,25). The SMILES string of the molecule is CCc1nc(CCNC(=NC)NC2CC(C)(C)Oc3ccccc32)sc1C. The number of rotatable bonds is 5. The summed E-state index contributed by atoms with van der Waals surface area (Å²) in [5.74, 6) is 1.77. The van der Waals surface area contributed by atoms with Crippen LogP contribution in [0, 0.1) is 6.92 Å². The predicted molar refractivity (Wildman–Crippen MR) is 113 cm³/mol. The summed E-state index contributed by atoms with van der Waals surface area (Å²) in [7, 11) is 1.81. The van der Waals surface area contributed by atoms with Crippen molar-refractivity contribution in [2.75, 3.05) is 13.6 Å². The lowest BCUT2D eigenvalue weighted by molar-refractivity contribution is 0.0694. The van der Waals surface area contributed by atoms with Gasteiger partial charge in [0.25, 0.3) is 0 Å². The van der Waals surface area contributed by atoms with Crippen molar-refractivity contribution in [1.29, 1.82) is 0 Å². The molecule has 0 aliphatic carbocycles. The molecule has 0 radical (unpaired) electrons. The van der Waals surface area contributed by atoms with Gasteiger partial charge in [0.05, 0.1) is 16.7 Å². The number of nitrogens with one attached hydrogen (secondary N) is 2. The van der Waals surface area contributed by atoms with Crippen molar-refractivity contribution in [2.45, 2.75) is 58.6 Å². The van der Waals surface area contributed by atoms with E-state index >= 15 is 0 Å². The van der Waals surface area contributed by atoms with Crippen LogP contribution in [-0.2, 0) is 12.8 Å². The molecule has 6 heteroatoms. The molecule has 2 aromatic rings. The third-order valence-corrected chi connectivity index (χ3v) is 5.89. The summed E-state index contributed by atoms with van der Waals surface area (Å²) in [6.45, 7) is 9.37. The van der Waals surface area contributed by atoms with Crippen molar-refractivity contribution in [2.24, 2.45) is 4.99 Å². The van der Waals surface area contributed by atoms with E-state index in [1.165, 1.54) is 21.1 Å². The van der Waals surface area contributed by atoms with E-state index in [9.17, 15) is 0 Å². The zero-order valence-corrected chi connectivity index (χ0v) is 17.7. The van der Waals surface area contributed by atoms with E-state index < -0.39 is 0 Å². The van der Waals surface area contributed by atoms with Gasteiger partial charge in [-0.3, -0.25) is 4.99 Å². The molecule has 1 atom stereocenters. The Morgan fingerprint density at radius 3 is 2.85 bits per heavy atom. The molecule has 3 rings (SSSR count). The summed E-state index contributed by atoms with van der Waals surface area (Å²) in [5, 5.41) is 8.19. The van der Waals surface area contributed by atoms with Gasteiger partial charge in [-0.2, -0.15) is 0 Å². The summed E-state index contributed by atoms with van der Waals surface area (Å²) in [6.07, 6.45) is 2.79. The van der Waals surface area contributed by atoms with Crippen LogP contribution in [0.5, 0.6) is 5.75 Å². The van der Waals surface area contributed by atoms with Crippen LogP contribution >= 0.6 is 11.3 Å². The van der Waals surface area contributed by atoms with Gasteiger partial charge in [-0.25, -0.2) is 4.98 Å². The number of ether oxygens (including phenoxy) is 1. The average molecular weight is 387 g/mol. The molecule has 0 spiro atoms. The first-order valence-electron chi connectivity index (χ1n) is 9.62. The Balaban J connectivity index is 1.61. The van der Waals surface area contributed by atoms with Gasteiger partial charge in [0.2, 0.25) is 0 Å². The molecule has 0 saturated carbocycles. The highest BCUT2D eigenvalue weighted by Crippen LogP contribution is 2.39. The van der Waals surface area contributed by atoms with Crippen molar-refractivity contribution >= 4 is 17.3 Å². The Kier molecular flexibility index (Phi) is 6.05. The Morgan fingerprint density at radius 2 is 2.15 bits per heavy atom. The van der Waals surface area contributed by atoms with Crippen molar-refractivity contribution < 1.29 is 4.74 Å². The quantitative estimate of drug-likeness (QED) is 0.602. The highest BCUT2D eigenvalue weighted by molar-refractivity contribution is 7.11. The lowest BCUT2D eigenvalue weighted by atomic mass is 9.90. The second-order valence-electron chi connectivity index (χ2n) is 7.51. The normalized spacial score (nSPS) is 18.6. The van der Waals surface area contributed by atoms with E-state index in [2.05, 4.69) is 55.5 Å².